The van der Waals surface area contributed by atoms with Crippen LogP contribution in [0.2, 0.25) is 0 Å². The molecule has 2 aromatic rings. The van der Waals surface area contributed by atoms with Crippen LogP contribution in [0.15, 0.2) is 66.2 Å². The van der Waals surface area contributed by atoms with E-state index >= 15 is 0 Å². The summed E-state index contributed by atoms with van der Waals surface area (Å²) in [4.78, 5) is 14.4. The summed E-state index contributed by atoms with van der Waals surface area (Å²) in [6.45, 7) is 7.01. The number of aromatic nitrogens is 2. The van der Waals surface area contributed by atoms with Gasteiger partial charge in [0.1, 0.15) is 18.1 Å². The van der Waals surface area contributed by atoms with Gasteiger partial charge in [-0.3, -0.25) is 9.97 Å². The number of fused-ring (bicyclic) bond motifs is 2. The molecule has 1 aromatic carbocycles. The zero-order valence-electron chi connectivity index (χ0n) is 26.2. The Labute approximate surface area is 270 Å². The van der Waals surface area contributed by atoms with Gasteiger partial charge in [0.15, 0.2) is 0 Å². The Morgan fingerprint density at radius 3 is 2.71 bits per heavy atom. The lowest BCUT2D eigenvalue weighted by atomic mass is 9.56. The molecular weight excluding hydrogens is 590 g/mol. The van der Waals surface area contributed by atoms with E-state index in [1.807, 2.05) is 19.1 Å². The van der Waals surface area contributed by atoms with E-state index in [0.29, 0.717) is 19.6 Å². The van der Waals surface area contributed by atoms with E-state index in [0.717, 1.165) is 79.0 Å². The zero-order valence-corrected chi connectivity index (χ0v) is 27.0. The zero-order chi connectivity index (χ0) is 31.6. The van der Waals surface area contributed by atoms with Gasteiger partial charge in [0.25, 0.3) is 0 Å². The molecule has 2 aliphatic carbocycles. The van der Waals surface area contributed by atoms with Crippen LogP contribution in [-0.2, 0) is 16.0 Å². The molecule has 1 fully saturated rings. The van der Waals surface area contributed by atoms with Crippen molar-refractivity contribution in [2.24, 2.45) is 22.9 Å². The van der Waals surface area contributed by atoms with Crippen LogP contribution < -0.4 is 4.74 Å². The molecule has 6 atom stereocenters. The minimum atomic E-state index is -1.02. The number of unbranched alkanes of at least 4 members (excludes halogenated alkanes) is 2. The number of phenolic OH excluding ortho intramolecular Hbond substituents is 1. The molecule has 10 heteroatoms. The van der Waals surface area contributed by atoms with Gasteiger partial charge in [0.05, 0.1) is 29.2 Å². The van der Waals surface area contributed by atoms with Crippen LogP contribution in [0.5, 0.6) is 11.5 Å². The highest BCUT2D eigenvalue weighted by atomic mass is 32.2. The predicted molar refractivity (Wildman–Crippen MR) is 176 cm³/mol. The number of hydrogen-bond donors (Lipinski definition) is 3. The summed E-state index contributed by atoms with van der Waals surface area (Å²) < 4.78 is 13.9. The fraction of sp³-hybridized carbons (Fsp3) is 0.571. The van der Waals surface area contributed by atoms with Gasteiger partial charge in [-0.1, -0.05) is 30.1 Å². The summed E-state index contributed by atoms with van der Waals surface area (Å²) in [6, 6.07) is 5.41. The number of aliphatic hydroxyl groups excluding tert-OH is 2. The monoisotopic (exact) mass is 637 g/mol. The molecule has 3 aliphatic rings. The number of ether oxygens (including phenoxy) is 2. The lowest BCUT2D eigenvalue weighted by Crippen LogP contribution is -2.64. The molecule has 1 saturated carbocycles. The number of aromatic hydroxyl groups is 1. The smallest absolute Gasteiger partial charge is 0.230 e. The number of thioether (sulfide) groups is 1. The molecule has 0 radical (unpaired) electrons. The van der Waals surface area contributed by atoms with Gasteiger partial charge < -0.3 is 29.6 Å². The van der Waals surface area contributed by atoms with Crippen LogP contribution in [0.25, 0.3) is 0 Å². The van der Waals surface area contributed by atoms with Crippen molar-refractivity contribution in [3.63, 3.8) is 0 Å². The minimum absolute atomic E-state index is 0.0290. The molecule has 1 aromatic heterocycles. The van der Waals surface area contributed by atoms with Gasteiger partial charge >= 0.3 is 0 Å². The topological polar surface area (TPSA) is 127 Å². The van der Waals surface area contributed by atoms with Crippen molar-refractivity contribution < 1.29 is 29.6 Å². The van der Waals surface area contributed by atoms with E-state index in [1.54, 1.807) is 42.5 Å². The first-order valence-electron chi connectivity index (χ1n) is 16.3. The Kier molecular flexibility index (Phi) is 11.9. The molecule has 1 aliphatic heterocycles. The third-order valence-corrected chi connectivity index (χ3v) is 10.6. The Hall–Kier alpha value is -2.92. The maximum Gasteiger partial charge on any atom is 0.230 e. The maximum absolute atomic E-state index is 10.7. The molecule has 0 unspecified atom stereocenters. The van der Waals surface area contributed by atoms with E-state index in [4.69, 9.17) is 19.5 Å². The lowest BCUT2D eigenvalue weighted by molar-refractivity contribution is -0.223. The van der Waals surface area contributed by atoms with Crippen LogP contribution in [0, 0.1) is 17.8 Å². The third kappa shape index (κ3) is 7.40. The first-order valence-corrected chi connectivity index (χ1v) is 17.4. The van der Waals surface area contributed by atoms with Gasteiger partial charge in [-0.25, -0.2) is 0 Å². The van der Waals surface area contributed by atoms with Gasteiger partial charge in [0, 0.05) is 56.1 Å². The number of aryl methyl sites for hydroxylation is 1. The van der Waals surface area contributed by atoms with E-state index in [1.165, 1.54) is 0 Å². The molecule has 0 amide bonds. The van der Waals surface area contributed by atoms with Crippen molar-refractivity contribution in [2.75, 3.05) is 32.2 Å². The normalized spacial score (nSPS) is 27.7. The van der Waals surface area contributed by atoms with Crippen molar-refractivity contribution in [1.82, 2.24) is 9.97 Å². The largest absolute Gasteiger partial charge is 0.508 e. The highest BCUT2D eigenvalue weighted by molar-refractivity contribution is 8.00. The van der Waals surface area contributed by atoms with Crippen LogP contribution in [0.4, 0.5) is 0 Å². The fourth-order valence-corrected chi connectivity index (χ4v) is 8.77. The Bertz CT molecular complexity index is 1320. The second-order valence-electron chi connectivity index (χ2n) is 12.0. The number of aliphatic hydroxyl groups is 2. The van der Waals surface area contributed by atoms with Crippen LogP contribution in [0.3, 0.4) is 0 Å². The van der Waals surface area contributed by atoms with E-state index in [9.17, 15) is 15.3 Å². The average Bonchev–Trinajstić information content (AvgIpc) is 3.05. The maximum atomic E-state index is 10.7. The van der Waals surface area contributed by atoms with Gasteiger partial charge in [-0.05, 0) is 74.0 Å². The van der Waals surface area contributed by atoms with Crippen molar-refractivity contribution in [1.29, 1.82) is 0 Å². The van der Waals surface area contributed by atoms with Crippen LogP contribution in [0.1, 0.15) is 69.0 Å². The fourth-order valence-electron chi connectivity index (χ4n) is 7.39. The molecular formula is C35H47N3O6S. The number of phenols is 1. The van der Waals surface area contributed by atoms with E-state index in [2.05, 4.69) is 22.6 Å². The number of hydrogen-bond acceptors (Lipinski definition) is 10. The van der Waals surface area contributed by atoms with Crippen LogP contribution in [-0.4, -0.2) is 74.2 Å². The highest BCUT2D eigenvalue weighted by Crippen LogP contribution is 2.62. The molecule has 2 heterocycles. The predicted octanol–water partition coefficient (Wildman–Crippen LogP) is 5.81. The molecule has 244 valence electrons. The SMILES string of the molecule is C=CCO[C@@]12Oc3ccc(O)cc3[C@H]3[C@H](CCCCO)[C@@H](CCCCO)C=C(C(=NOCC)C[C@@H]1SCCc1cnccn1)[C@H]32. The molecule has 9 nitrogen and oxygen atoms in total. The summed E-state index contributed by atoms with van der Waals surface area (Å²) in [5.74, 6) is 0.884. The van der Waals surface area contributed by atoms with Gasteiger partial charge in [0.2, 0.25) is 5.79 Å². The first-order chi connectivity index (χ1) is 22.1. The summed E-state index contributed by atoms with van der Waals surface area (Å²) >= 11 is 1.80. The summed E-state index contributed by atoms with van der Waals surface area (Å²) in [5.41, 5.74) is 3.91. The first kappa shape index (κ1) is 33.4. The highest BCUT2D eigenvalue weighted by Gasteiger charge is 2.63. The summed E-state index contributed by atoms with van der Waals surface area (Å²) in [5, 5.41) is 34.6. The molecule has 0 bridgehead atoms. The number of oxime groups is 1. The number of rotatable bonds is 17. The van der Waals surface area contributed by atoms with Gasteiger partial charge in [-0.15, -0.1) is 6.58 Å². The van der Waals surface area contributed by atoms with E-state index in [-0.39, 0.29) is 47.9 Å². The van der Waals surface area contributed by atoms with Gasteiger partial charge in [-0.2, -0.15) is 11.8 Å². The van der Waals surface area contributed by atoms with Crippen molar-refractivity contribution in [3.05, 3.63) is 72.4 Å². The number of benzene rings is 1. The third-order valence-electron chi connectivity index (χ3n) is 9.23. The second-order valence-corrected chi connectivity index (χ2v) is 13.3. The quantitative estimate of drug-likeness (QED) is 0.112. The van der Waals surface area contributed by atoms with E-state index < -0.39 is 5.79 Å². The Morgan fingerprint density at radius 1 is 1.16 bits per heavy atom. The average molecular weight is 638 g/mol. The minimum Gasteiger partial charge on any atom is -0.508 e. The van der Waals surface area contributed by atoms with Crippen LogP contribution >= 0.6 is 11.8 Å². The van der Waals surface area contributed by atoms with Crippen molar-refractivity contribution in [3.8, 4) is 11.5 Å². The molecule has 5 rings (SSSR count). The number of allylic oxidation sites excluding steroid dienone is 1. The standard InChI is InChI=1S/C35H47N3O6S/c1-3-18-42-35-32(45-19-13-25-23-36-14-15-37-25)22-30(38-43-4-2)28-20-24(9-5-7-16-39)27(10-6-8-17-40)33(34(28)35)29-21-26(41)11-12-31(29)44-35/h3,11-12,14-15,20-21,23-24,27,32-34,39-41H,1,4-10,13,16-19,22H2,2H3/t24-,27+,32-,33+,34+,35+/m0/s1. The lowest BCUT2D eigenvalue weighted by Gasteiger charge is -2.58. The Balaban J connectivity index is 1.64. The molecule has 0 saturated heterocycles. The van der Waals surface area contributed by atoms with Crippen molar-refractivity contribution >= 4 is 17.5 Å². The Morgan fingerprint density at radius 2 is 1.98 bits per heavy atom. The summed E-state index contributed by atoms with van der Waals surface area (Å²) in [7, 11) is 0. The molecule has 3 N–H and O–H groups in total. The molecule has 0 spiro atoms. The molecule has 45 heavy (non-hydrogen) atoms. The second kappa shape index (κ2) is 16.1. The van der Waals surface area contributed by atoms with Crippen molar-refractivity contribution in [2.45, 2.75) is 75.2 Å². The summed E-state index contributed by atoms with van der Waals surface area (Å²) in [6.07, 6.45) is 15.8. The number of nitrogens with zero attached hydrogens (tertiary/aromatic N) is 3.